The number of sulfonamides is 1. The topological polar surface area (TPSA) is 130 Å². The van der Waals surface area contributed by atoms with E-state index in [0.29, 0.717) is 41.0 Å². The predicted molar refractivity (Wildman–Crippen MR) is 104 cm³/mol. The summed E-state index contributed by atoms with van der Waals surface area (Å²) in [6.45, 7) is 1.65. The standard InChI is InChI=1S/C18H22N2O5S2/c1-10-5-6-11(9-15(10)27(19,24)25)16-17-12(3-2-4-14(17)21)20-13-7-8-26(22,23)18(13)16/h5-6,9,16-17,22-23H,2-4,7-8H2,1H3,(H2,19,24,25). The Hall–Kier alpha value is -1.52. The van der Waals surface area contributed by atoms with Crippen molar-refractivity contribution in [3.8, 4) is 0 Å². The summed E-state index contributed by atoms with van der Waals surface area (Å²) in [6.07, 6.45) is 2.29. The van der Waals surface area contributed by atoms with Crippen molar-refractivity contribution in [3.63, 3.8) is 0 Å². The van der Waals surface area contributed by atoms with Crippen molar-refractivity contribution in [1.82, 2.24) is 0 Å². The highest BCUT2D eigenvalue weighted by atomic mass is 32.3. The molecule has 1 fully saturated rings. The van der Waals surface area contributed by atoms with E-state index in [2.05, 4.69) is 4.99 Å². The predicted octanol–water partition coefficient (Wildman–Crippen LogP) is 2.92. The number of aryl methyl sites for hydroxylation is 1. The summed E-state index contributed by atoms with van der Waals surface area (Å²) in [5, 5.41) is 5.35. The van der Waals surface area contributed by atoms with Crippen LogP contribution in [0, 0.1) is 12.8 Å². The van der Waals surface area contributed by atoms with E-state index in [1.807, 2.05) is 0 Å². The molecule has 3 aliphatic rings. The van der Waals surface area contributed by atoms with Crippen LogP contribution in [0.3, 0.4) is 0 Å². The first kappa shape index (κ1) is 18.8. The average Bonchev–Trinajstić information content (AvgIpc) is 2.88. The Bertz CT molecular complexity index is 1010. The van der Waals surface area contributed by atoms with Crippen LogP contribution in [-0.4, -0.2) is 34.8 Å². The fourth-order valence-corrected chi connectivity index (χ4v) is 7.10. The van der Waals surface area contributed by atoms with E-state index in [0.717, 1.165) is 12.1 Å². The lowest BCUT2D eigenvalue weighted by Gasteiger charge is -2.41. The lowest BCUT2D eigenvalue weighted by molar-refractivity contribution is -0.121. The minimum Gasteiger partial charge on any atom is -0.299 e. The highest BCUT2D eigenvalue weighted by Gasteiger charge is 2.48. The number of fused-ring (bicyclic) bond motifs is 1. The van der Waals surface area contributed by atoms with Crippen LogP contribution in [0.25, 0.3) is 0 Å². The van der Waals surface area contributed by atoms with Gasteiger partial charge in [0, 0.05) is 30.2 Å². The maximum Gasteiger partial charge on any atom is 0.238 e. The molecule has 0 bridgehead atoms. The molecule has 4 N–H and O–H groups in total. The molecular formula is C18H22N2O5S2. The smallest absolute Gasteiger partial charge is 0.238 e. The second-order valence-electron chi connectivity index (χ2n) is 7.38. The van der Waals surface area contributed by atoms with Gasteiger partial charge in [-0.2, -0.15) is 10.6 Å². The lowest BCUT2D eigenvalue weighted by atomic mass is 9.72. The highest BCUT2D eigenvalue weighted by molar-refractivity contribution is 8.27. The summed E-state index contributed by atoms with van der Waals surface area (Å²) in [6, 6.07) is 4.87. The molecule has 0 aromatic heterocycles. The van der Waals surface area contributed by atoms with E-state index < -0.39 is 32.4 Å². The first-order valence-electron chi connectivity index (χ1n) is 8.82. The zero-order chi connectivity index (χ0) is 19.6. The number of hydrogen-bond donors (Lipinski definition) is 3. The Morgan fingerprint density at radius 1 is 1.19 bits per heavy atom. The number of allylic oxidation sites excluding steroid dienone is 2. The van der Waals surface area contributed by atoms with E-state index in [1.54, 1.807) is 19.1 Å². The first-order chi connectivity index (χ1) is 12.6. The number of nitrogens with zero attached hydrogens (tertiary/aromatic N) is 1. The van der Waals surface area contributed by atoms with Crippen LogP contribution in [0.2, 0.25) is 0 Å². The van der Waals surface area contributed by atoms with Gasteiger partial charge in [0.1, 0.15) is 5.78 Å². The molecule has 9 heteroatoms. The molecule has 0 spiro atoms. The van der Waals surface area contributed by atoms with Gasteiger partial charge in [0.2, 0.25) is 10.0 Å². The molecule has 2 atom stereocenters. The number of ketones is 1. The molecule has 2 heterocycles. The Labute approximate surface area is 159 Å². The number of hydrogen-bond acceptors (Lipinski definition) is 6. The van der Waals surface area contributed by atoms with Gasteiger partial charge in [0.25, 0.3) is 0 Å². The van der Waals surface area contributed by atoms with Gasteiger partial charge >= 0.3 is 0 Å². The molecule has 0 saturated heterocycles. The van der Waals surface area contributed by atoms with Crippen molar-refractivity contribution >= 4 is 32.1 Å². The summed E-state index contributed by atoms with van der Waals surface area (Å²) in [4.78, 5) is 17.8. The van der Waals surface area contributed by atoms with Crippen LogP contribution in [0.5, 0.6) is 0 Å². The Morgan fingerprint density at radius 3 is 2.63 bits per heavy atom. The molecule has 0 amide bonds. The number of rotatable bonds is 2. The fourth-order valence-electron chi connectivity index (χ4n) is 4.38. The van der Waals surface area contributed by atoms with Gasteiger partial charge in [0.05, 0.1) is 21.4 Å². The molecule has 2 unspecified atom stereocenters. The summed E-state index contributed by atoms with van der Waals surface area (Å²) in [5.41, 5.74) is 2.48. The second-order valence-corrected chi connectivity index (χ2v) is 11.1. The van der Waals surface area contributed by atoms with Gasteiger partial charge in [-0.1, -0.05) is 12.1 Å². The van der Waals surface area contributed by atoms with Gasteiger partial charge in [-0.25, -0.2) is 13.6 Å². The molecule has 0 radical (unpaired) electrons. The van der Waals surface area contributed by atoms with Gasteiger partial charge < -0.3 is 0 Å². The maximum atomic E-state index is 12.8. The Kier molecular flexibility index (Phi) is 4.36. The second kappa shape index (κ2) is 6.25. The summed E-state index contributed by atoms with van der Waals surface area (Å²) < 4.78 is 45.2. The zero-order valence-electron chi connectivity index (χ0n) is 14.9. The van der Waals surface area contributed by atoms with Crippen LogP contribution in [0.1, 0.15) is 42.7 Å². The van der Waals surface area contributed by atoms with Crippen molar-refractivity contribution in [2.24, 2.45) is 16.0 Å². The molecule has 7 nitrogen and oxygen atoms in total. The molecule has 1 aromatic rings. The van der Waals surface area contributed by atoms with E-state index in [1.165, 1.54) is 6.07 Å². The fraction of sp³-hybridized carbons (Fsp3) is 0.444. The minimum absolute atomic E-state index is 0.0102. The van der Waals surface area contributed by atoms with Crippen LogP contribution in [0.4, 0.5) is 0 Å². The first-order valence-corrected chi connectivity index (χ1v) is 12.1. The normalized spacial score (nSPS) is 28.4. The van der Waals surface area contributed by atoms with Crippen LogP contribution in [0.15, 0.2) is 38.7 Å². The number of Topliss-reactive ketones (excluding diaryl/α,β-unsaturated/α-hetero) is 1. The van der Waals surface area contributed by atoms with Crippen molar-refractivity contribution < 1.29 is 22.3 Å². The number of carbonyl (C=O) groups excluding carboxylic acids is 1. The summed E-state index contributed by atoms with van der Waals surface area (Å²) in [5.74, 6) is -0.970. The highest BCUT2D eigenvalue weighted by Crippen LogP contribution is 2.64. The van der Waals surface area contributed by atoms with E-state index in [-0.39, 0.29) is 16.4 Å². The van der Waals surface area contributed by atoms with E-state index in [4.69, 9.17) is 5.14 Å². The molecule has 1 saturated carbocycles. The number of aliphatic imine (C=N–C) groups is 1. The Balaban J connectivity index is 1.94. The summed E-state index contributed by atoms with van der Waals surface area (Å²) in [7, 11) is -6.98. The molecular weight excluding hydrogens is 388 g/mol. The van der Waals surface area contributed by atoms with Gasteiger partial charge in [-0.3, -0.25) is 18.9 Å². The monoisotopic (exact) mass is 410 g/mol. The number of carbonyl (C=O) groups is 1. The molecule has 146 valence electrons. The maximum absolute atomic E-state index is 12.8. The van der Waals surface area contributed by atoms with Crippen LogP contribution < -0.4 is 5.14 Å². The van der Waals surface area contributed by atoms with Crippen molar-refractivity contribution in [2.75, 3.05) is 5.75 Å². The number of nitrogens with two attached hydrogens (primary N) is 1. The summed E-state index contributed by atoms with van der Waals surface area (Å²) >= 11 is 0. The van der Waals surface area contributed by atoms with Gasteiger partial charge in [0.15, 0.2) is 0 Å². The zero-order valence-corrected chi connectivity index (χ0v) is 16.5. The van der Waals surface area contributed by atoms with Crippen molar-refractivity contribution in [3.05, 3.63) is 39.9 Å². The number of benzene rings is 1. The van der Waals surface area contributed by atoms with Gasteiger partial charge in [-0.15, -0.1) is 0 Å². The van der Waals surface area contributed by atoms with Crippen LogP contribution >= 0.6 is 10.6 Å². The van der Waals surface area contributed by atoms with E-state index >= 15 is 0 Å². The SMILES string of the molecule is Cc1ccc(C2C3=C(CCS3(O)O)N=C3CCCC(=O)C32)cc1S(N)(=O)=O. The molecule has 27 heavy (non-hydrogen) atoms. The van der Waals surface area contributed by atoms with Crippen molar-refractivity contribution in [2.45, 2.75) is 43.4 Å². The Morgan fingerprint density at radius 2 is 1.93 bits per heavy atom. The van der Waals surface area contributed by atoms with Crippen molar-refractivity contribution in [1.29, 1.82) is 0 Å². The number of primary sulfonamides is 1. The third-order valence-electron chi connectivity index (χ3n) is 5.59. The molecule has 2 aliphatic heterocycles. The molecule has 1 aliphatic carbocycles. The average molecular weight is 411 g/mol. The van der Waals surface area contributed by atoms with Crippen LogP contribution in [-0.2, 0) is 14.8 Å². The third-order valence-corrected chi connectivity index (χ3v) is 8.61. The minimum atomic E-state index is -3.94. The largest absolute Gasteiger partial charge is 0.299 e. The molecule has 1 aromatic carbocycles. The van der Waals surface area contributed by atoms with E-state index in [9.17, 15) is 22.3 Å². The molecule has 4 rings (SSSR count). The quantitative estimate of drug-likeness (QED) is 0.690. The third kappa shape index (κ3) is 3.07. The van der Waals surface area contributed by atoms with Gasteiger partial charge in [-0.05, 0) is 37.0 Å². The lowest BCUT2D eigenvalue weighted by Crippen LogP contribution is -2.37.